The molecule has 1 fully saturated rings. The fraction of sp³-hybridized carbons (Fsp3) is 0.538. The van der Waals surface area contributed by atoms with Crippen molar-refractivity contribution in [2.24, 2.45) is 0 Å². The summed E-state index contributed by atoms with van der Waals surface area (Å²) < 4.78 is 5.41. The van der Waals surface area contributed by atoms with Gasteiger partial charge < -0.3 is 25.2 Å². The van der Waals surface area contributed by atoms with E-state index in [0.717, 1.165) is 5.56 Å². The number of ether oxygens (including phenoxy) is 1. The highest BCUT2D eigenvalue weighted by Gasteiger charge is 2.43. The van der Waals surface area contributed by atoms with E-state index >= 15 is 0 Å². The lowest BCUT2D eigenvalue weighted by Crippen LogP contribution is -2.57. The molecule has 5 nitrogen and oxygen atoms in total. The van der Waals surface area contributed by atoms with Crippen LogP contribution in [-0.2, 0) is 10.5 Å². The Morgan fingerprint density at radius 1 is 1.00 bits per heavy atom. The Bertz CT molecular complexity index is 386. The zero-order valence-electron chi connectivity index (χ0n) is 10.3. The summed E-state index contributed by atoms with van der Waals surface area (Å²) in [6.07, 6.45) is -4.62. The maximum absolute atomic E-state index is 9.86. The molecule has 6 heteroatoms. The van der Waals surface area contributed by atoms with Crippen molar-refractivity contribution in [2.45, 2.75) is 35.6 Å². The second-order valence-corrected chi connectivity index (χ2v) is 5.58. The number of aliphatic hydroxyl groups is 4. The number of thioether (sulfide) groups is 1. The Labute approximate surface area is 115 Å². The van der Waals surface area contributed by atoms with E-state index in [4.69, 9.17) is 9.84 Å². The molecule has 0 saturated carbocycles. The molecule has 0 bridgehead atoms. The van der Waals surface area contributed by atoms with Crippen molar-refractivity contribution in [2.75, 3.05) is 6.61 Å². The van der Waals surface area contributed by atoms with Crippen LogP contribution in [0.15, 0.2) is 30.3 Å². The molecule has 0 aliphatic carbocycles. The molecular formula is C13H18O5S. The van der Waals surface area contributed by atoms with Gasteiger partial charge in [-0.1, -0.05) is 30.3 Å². The average molecular weight is 286 g/mol. The SMILES string of the molecule is OC[C@H]1O[C@H](SCc2ccccc2)[C@H](O)[C@@H](O)[C@@H]1O. The van der Waals surface area contributed by atoms with Gasteiger partial charge in [-0.2, -0.15) is 0 Å². The van der Waals surface area contributed by atoms with E-state index in [2.05, 4.69) is 0 Å². The van der Waals surface area contributed by atoms with Gasteiger partial charge in [-0.25, -0.2) is 0 Å². The zero-order valence-corrected chi connectivity index (χ0v) is 11.1. The van der Waals surface area contributed by atoms with Gasteiger partial charge in [0.25, 0.3) is 0 Å². The predicted octanol–water partition coefficient (Wildman–Crippen LogP) is -0.280. The van der Waals surface area contributed by atoms with Crippen molar-refractivity contribution in [3.8, 4) is 0 Å². The van der Waals surface area contributed by atoms with Crippen LogP contribution in [0.4, 0.5) is 0 Å². The molecule has 1 saturated heterocycles. The first-order valence-corrected chi connectivity index (χ1v) is 7.14. The molecule has 1 aromatic carbocycles. The third kappa shape index (κ3) is 3.47. The molecule has 4 N–H and O–H groups in total. The molecular weight excluding hydrogens is 268 g/mol. The van der Waals surface area contributed by atoms with E-state index in [1.54, 1.807) is 0 Å². The number of hydrogen-bond acceptors (Lipinski definition) is 6. The predicted molar refractivity (Wildman–Crippen MR) is 71.5 cm³/mol. The average Bonchev–Trinajstić information content (AvgIpc) is 2.45. The summed E-state index contributed by atoms with van der Waals surface area (Å²) in [6, 6.07) is 9.67. The Morgan fingerprint density at radius 3 is 2.32 bits per heavy atom. The Kier molecular flexibility index (Phi) is 5.20. The smallest absolute Gasteiger partial charge is 0.132 e. The minimum absolute atomic E-state index is 0.395. The van der Waals surface area contributed by atoms with E-state index in [0.29, 0.717) is 5.75 Å². The van der Waals surface area contributed by atoms with Crippen LogP contribution in [0.2, 0.25) is 0 Å². The van der Waals surface area contributed by atoms with E-state index in [-0.39, 0.29) is 0 Å². The fourth-order valence-electron chi connectivity index (χ4n) is 1.96. The highest BCUT2D eigenvalue weighted by Crippen LogP contribution is 2.30. The van der Waals surface area contributed by atoms with Gasteiger partial charge in [-0.15, -0.1) is 11.8 Å². The number of aliphatic hydroxyl groups excluding tert-OH is 4. The van der Waals surface area contributed by atoms with E-state index < -0.39 is 36.5 Å². The highest BCUT2D eigenvalue weighted by atomic mass is 32.2. The molecule has 106 valence electrons. The highest BCUT2D eigenvalue weighted by molar-refractivity contribution is 7.99. The van der Waals surface area contributed by atoms with Crippen LogP contribution in [-0.4, -0.2) is 56.9 Å². The summed E-state index contributed by atoms with van der Waals surface area (Å²) in [4.78, 5) is 0. The minimum Gasteiger partial charge on any atom is -0.394 e. The van der Waals surface area contributed by atoms with Gasteiger partial charge in [0.1, 0.15) is 29.9 Å². The van der Waals surface area contributed by atoms with Crippen LogP contribution in [0, 0.1) is 0 Å². The molecule has 1 heterocycles. The van der Waals surface area contributed by atoms with E-state index in [1.807, 2.05) is 30.3 Å². The van der Waals surface area contributed by atoms with Crippen LogP contribution >= 0.6 is 11.8 Å². The van der Waals surface area contributed by atoms with Gasteiger partial charge in [0, 0.05) is 5.75 Å². The monoisotopic (exact) mass is 286 g/mol. The second-order valence-electron chi connectivity index (χ2n) is 4.49. The maximum Gasteiger partial charge on any atom is 0.132 e. The third-order valence-corrected chi connectivity index (χ3v) is 4.32. The molecule has 5 atom stereocenters. The summed E-state index contributed by atoms with van der Waals surface area (Å²) in [5.41, 5.74) is 0.403. The minimum atomic E-state index is -1.31. The van der Waals surface area contributed by atoms with Gasteiger partial charge in [0.2, 0.25) is 0 Å². The maximum atomic E-state index is 9.86. The number of benzene rings is 1. The molecule has 1 aliphatic heterocycles. The number of rotatable bonds is 4. The standard InChI is InChI=1S/C13H18O5S/c14-6-9-10(15)11(16)12(17)13(18-9)19-7-8-4-2-1-3-5-8/h1-5,9-17H,6-7H2/t9-,10-,11+,12-,13-/m1/s1. The van der Waals surface area contributed by atoms with Crippen molar-refractivity contribution in [3.05, 3.63) is 35.9 Å². The summed E-state index contributed by atoms with van der Waals surface area (Å²) >= 11 is 1.33. The van der Waals surface area contributed by atoms with Crippen LogP contribution in [0.25, 0.3) is 0 Å². The molecule has 0 aromatic heterocycles. The summed E-state index contributed by atoms with van der Waals surface area (Å²) in [6.45, 7) is -0.395. The molecule has 1 aromatic rings. The Hall–Kier alpha value is -0.630. The van der Waals surface area contributed by atoms with Crippen molar-refractivity contribution in [3.63, 3.8) is 0 Å². The van der Waals surface area contributed by atoms with Crippen LogP contribution in [0.5, 0.6) is 0 Å². The van der Waals surface area contributed by atoms with Crippen molar-refractivity contribution in [1.29, 1.82) is 0 Å². The second kappa shape index (κ2) is 6.69. The first-order chi connectivity index (χ1) is 9.13. The van der Waals surface area contributed by atoms with Crippen LogP contribution in [0.1, 0.15) is 5.56 Å². The third-order valence-electron chi connectivity index (χ3n) is 3.11. The quantitative estimate of drug-likeness (QED) is 0.609. The molecule has 0 amide bonds. The van der Waals surface area contributed by atoms with Gasteiger partial charge >= 0.3 is 0 Å². The van der Waals surface area contributed by atoms with Crippen molar-refractivity contribution < 1.29 is 25.2 Å². The van der Waals surface area contributed by atoms with Crippen molar-refractivity contribution in [1.82, 2.24) is 0 Å². The summed E-state index contributed by atoms with van der Waals surface area (Å²) in [5.74, 6) is 0.615. The normalized spacial score (nSPS) is 35.3. The summed E-state index contributed by atoms with van der Waals surface area (Å²) in [5, 5.41) is 38.3. The Morgan fingerprint density at radius 2 is 1.68 bits per heavy atom. The van der Waals surface area contributed by atoms with Gasteiger partial charge in [-0.3, -0.25) is 0 Å². The largest absolute Gasteiger partial charge is 0.394 e. The van der Waals surface area contributed by atoms with Gasteiger partial charge in [0.15, 0.2) is 0 Å². The molecule has 0 unspecified atom stereocenters. The van der Waals surface area contributed by atoms with Crippen LogP contribution in [0.3, 0.4) is 0 Å². The van der Waals surface area contributed by atoms with Gasteiger partial charge in [0.05, 0.1) is 6.61 Å². The first-order valence-electron chi connectivity index (χ1n) is 6.09. The molecule has 19 heavy (non-hydrogen) atoms. The lowest BCUT2D eigenvalue weighted by atomic mass is 10.0. The Balaban J connectivity index is 1.95. The fourth-order valence-corrected chi connectivity index (χ4v) is 3.09. The molecule has 2 rings (SSSR count). The lowest BCUT2D eigenvalue weighted by Gasteiger charge is -2.39. The lowest BCUT2D eigenvalue weighted by molar-refractivity contribution is -0.205. The number of hydrogen-bond donors (Lipinski definition) is 4. The molecule has 1 aliphatic rings. The van der Waals surface area contributed by atoms with E-state index in [1.165, 1.54) is 11.8 Å². The van der Waals surface area contributed by atoms with Crippen LogP contribution < -0.4 is 0 Å². The first kappa shape index (κ1) is 14.8. The molecule has 0 radical (unpaired) electrons. The summed E-state index contributed by atoms with van der Waals surface area (Å²) in [7, 11) is 0. The topological polar surface area (TPSA) is 90.2 Å². The van der Waals surface area contributed by atoms with Crippen molar-refractivity contribution >= 4 is 11.8 Å². The van der Waals surface area contributed by atoms with Gasteiger partial charge in [-0.05, 0) is 5.56 Å². The zero-order chi connectivity index (χ0) is 13.8. The molecule has 0 spiro atoms. The van der Waals surface area contributed by atoms with E-state index in [9.17, 15) is 15.3 Å².